The molecule has 1 saturated heterocycles. The van der Waals surface area contributed by atoms with Gasteiger partial charge in [-0.25, -0.2) is 4.79 Å². The zero-order valence-electron chi connectivity index (χ0n) is 12.1. The van der Waals surface area contributed by atoms with Gasteiger partial charge in [-0.15, -0.1) is 6.58 Å². The fraction of sp³-hybridized carbons (Fsp3) is 0.438. The Hall–Kier alpha value is -1.85. The van der Waals surface area contributed by atoms with Crippen molar-refractivity contribution in [2.75, 3.05) is 19.7 Å². The van der Waals surface area contributed by atoms with Crippen LogP contribution in [0.2, 0.25) is 0 Å². The zero-order chi connectivity index (χ0) is 15.1. The first-order chi connectivity index (χ1) is 10.2. The minimum atomic E-state index is -0.885. The third kappa shape index (κ3) is 4.58. The molecule has 1 aliphatic rings. The van der Waals surface area contributed by atoms with Crippen molar-refractivity contribution in [3.05, 3.63) is 48.6 Å². The highest BCUT2D eigenvalue weighted by Gasteiger charge is 2.31. The number of carbonyl (C=O) groups is 1. The van der Waals surface area contributed by atoms with Crippen LogP contribution in [0, 0.1) is 0 Å². The molecule has 1 heterocycles. The molecule has 5 heteroatoms. The molecular weight excluding hydrogens is 268 g/mol. The Labute approximate surface area is 125 Å². The van der Waals surface area contributed by atoms with Gasteiger partial charge < -0.3 is 20.1 Å². The third-order valence-electron chi connectivity index (χ3n) is 3.67. The van der Waals surface area contributed by atoms with Crippen molar-refractivity contribution >= 4 is 6.09 Å². The summed E-state index contributed by atoms with van der Waals surface area (Å²) in [6.07, 6.45) is 1.41. The van der Waals surface area contributed by atoms with Gasteiger partial charge in [-0.2, -0.15) is 0 Å². The molecule has 21 heavy (non-hydrogen) atoms. The summed E-state index contributed by atoms with van der Waals surface area (Å²) in [5.41, 5.74) is 1.21. The van der Waals surface area contributed by atoms with Gasteiger partial charge in [0.1, 0.15) is 0 Å². The van der Waals surface area contributed by atoms with Crippen LogP contribution in [0.3, 0.4) is 0 Å². The molecule has 5 nitrogen and oxygen atoms in total. The Morgan fingerprint density at radius 2 is 2.24 bits per heavy atom. The summed E-state index contributed by atoms with van der Waals surface area (Å²) < 4.78 is 5.73. The zero-order valence-corrected chi connectivity index (χ0v) is 12.1. The molecular formula is C16H22N2O3. The molecule has 1 amide bonds. The molecule has 2 atom stereocenters. The second-order valence-corrected chi connectivity index (χ2v) is 5.15. The van der Waals surface area contributed by atoms with Crippen LogP contribution in [0.4, 0.5) is 4.79 Å². The number of piperidine rings is 1. The average molecular weight is 290 g/mol. The van der Waals surface area contributed by atoms with Crippen molar-refractivity contribution in [2.24, 2.45) is 0 Å². The molecule has 1 aliphatic heterocycles. The van der Waals surface area contributed by atoms with Crippen molar-refractivity contribution in [1.29, 1.82) is 0 Å². The number of rotatable bonds is 6. The van der Waals surface area contributed by atoms with Crippen LogP contribution in [0.15, 0.2) is 43.0 Å². The van der Waals surface area contributed by atoms with Crippen LogP contribution in [0.1, 0.15) is 12.0 Å². The number of nitrogens with zero attached hydrogens (tertiary/aromatic N) is 1. The first kappa shape index (κ1) is 15.5. The molecule has 0 spiro atoms. The number of hydrogen-bond donors (Lipinski definition) is 2. The maximum absolute atomic E-state index is 11.1. The number of hydrogen-bond acceptors (Lipinski definition) is 3. The lowest BCUT2D eigenvalue weighted by Gasteiger charge is -2.37. The molecule has 2 rings (SSSR count). The van der Waals surface area contributed by atoms with E-state index in [1.807, 2.05) is 18.2 Å². The maximum Gasteiger partial charge on any atom is 0.407 e. The number of amides is 1. The summed E-state index contributed by atoms with van der Waals surface area (Å²) in [6.45, 7) is 5.77. The molecule has 0 radical (unpaired) electrons. The molecule has 1 aromatic rings. The van der Waals surface area contributed by atoms with Gasteiger partial charge in [0.05, 0.1) is 19.3 Å². The summed E-state index contributed by atoms with van der Waals surface area (Å²) in [5.74, 6) is 0. The number of carboxylic acid groups (broad SMARTS) is 1. The third-order valence-corrected chi connectivity index (χ3v) is 3.67. The van der Waals surface area contributed by atoms with Crippen LogP contribution < -0.4 is 5.32 Å². The fourth-order valence-electron chi connectivity index (χ4n) is 2.53. The molecule has 0 bridgehead atoms. The molecule has 114 valence electrons. The highest BCUT2D eigenvalue weighted by atomic mass is 16.5. The lowest BCUT2D eigenvalue weighted by Crippen LogP contribution is -2.54. The van der Waals surface area contributed by atoms with E-state index in [-0.39, 0.29) is 12.1 Å². The van der Waals surface area contributed by atoms with Crippen LogP contribution in [0.25, 0.3) is 0 Å². The smallest absolute Gasteiger partial charge is 0.407 e. The van der Waals surface area contributed by atoms with Gasteiger partial charge in [0.2, 0.25) is 0 Å². The van der Waals surface area contributed by atoms with Gasteiger partial charge >= 0.3 is 6.09 Å². The van der Waals surface area contributed by atoms with Crippen molar-refractivity contribution in [2.45, 2.75) is 25.1 Å². The van der Waals surface area contributed by atoms with Crippen molar-refractivity contribution in [1.82, 2.24) is 10.2 Å². The second kappa shape index (κ2) is 7.81. The van der Waals surface area contributed by atoms with E-state index in [2.05, 4.69) is 24.0 Å². The van der Waals surface area contributed by atoms with E-state index in [1.165, 1.54) is 10.5 Å². The molecule has 1 fully saturated rings. The normalized spacial score (nSPS) is 22.0. The number of benzene rings is 1. The highest BCUT2D eigenvalue weighted by molar-refractivity contribution is 5.65. The van der Waals surface area contributed by atoms with Crippen molar-refractivity contribution in [3.63, 3.8) is 0 Å². The van der Waals surface area contributed by atoms with Gasteiger partial charge in [0, 0.05) is 19.1 Å². The van der Waals surface area contributed by atoms with Gasteiger partial charge in [-0.3, -0.25) is 0 Å². The Balaban J connectivity index is 1.92. The first-order valence-electron chi connectivity index (χ1n) is 7.18. The summed E-state index contributed by atoms with van der Waals surface area (Å²) in [7, 11) is 0. The van der Waals surface area contributed by atoms with Crippen LogP contribution in [-0.4, -0.2) is 47.9 Å². The SMILES string of the molecule is C=CCO[C@H]1CN(C(=O)O)CC[C@H]1NCc1ccccc1. The van der Waals surface area contributed by atoms with E-state index in [4.69, 9.17) is 9.84 Å². The minimum absolute atomic E-state index is 0.142. The van der Waals surface area contributed by atoms with E-state index in [1.54, 1.807) is 6.08 Å². The lowest BCUT2D eigenvalue weighted by molar-refractivity contribution is -0.00625. The van der Waals surface area contributed by atoms with Crippen LogP contribution in [-0.2, 0) is 11.3 Å². The molecule has 0 saturated carbocycles. The van der Waals surface area contributed by atoms with Crippen LogP contribution >= 0.6 is 0 Å². The summed E-state index contributed by atoms with van der Waals surface area (Å²) in [6, 6.07) is 10.3. The maximum atomic E-state index is 11.1. The molecule has 0 aromatic heterocycles. The second-order valence-electron chi connectivity index (χ2n) is 5.15. The molecule has 0 unspecified atom stereocenters. The van der Waals surface area contributed by atoms with Crippen molar-refractivity contribution < 1.29 is 14.6 Å². The van der Waals surface area contributed by atoms with E-state index >= 15 is 0 Å². The standard InChI is InChI=1S/C16H22N2O3/c1-2-10-21-15-12-18(16(19)20)9-8-14(15)17-11-13-6-4-3-5-7-13/h2-7,14-15,17H,1,8-12H2,(H,19,20)/t14-,15+/m1/s1. The highest BCUT2D eigenvalue weighted by Crippen LogP contribution is 2.15. The Morgan fingerprint density at radius 1 is 1.48 bits per heavy atom. The largest absolute Gasteiger partial charge is 0.465 e. The summed E-state index contributed by atoms with van der Waals surface area (Å²) >= 11 is 0. The fourth-order valence-corrected chi connectivity index (χ4v) is 2.53. The van der Waals surface area contributed by atoms with Crippen LogP contribution in [0.5, 0.6) is 0 Å². The van der Waals surface area contributed by atoms with Gasteiger partial charge in [0.25, 0.3) is 0 Å². The molecule has 1 aromatic carbocycles. The van der Waals surface area contributed by atoms with E-state index in [0.717, 1.165) is 13.0 Å². The Morgan fingerprint density at radius 3 is 2.90 bits per heavy atom. The lowest BCUT2D eigenvalue weighted by atomic mass is 10.0. The predicted molar refractivity (Wildman–Crippen MR) is 81.2 cm³/mol. The minimum Gasteiger partial charge on any atom is -0.465 e. The number of likely N-dealkylation sites (tertiary alicyclic amines) is 1. The number of nitrogens with one attached hydrogen (secondary N) is 1. The van der Waals surface area contributed by atoms with Gasteiger partial charge in [-0.1, -0.05) is 36.4 Å². The first-order valence-corrected chi connectivity index (χ1v) is 7.18. The summed E-state index contributed by atoms with van der Waals surface area (Å²) in [4.78, 5) is 12.5. The van der Waals surface area contributed by atoms with E-state index in [9.17, 15) is 4.79 Å². The molecule has 0 aliphatic carbocycles. The number of ether oxygens (including phenoxy) is 1. The van der Waals surface area contributed by atoms with E-state index in [0.29, 0.717) is 19.7 Å². The Kier molecular flexibility index (Phi) is 5.78. The Bertz CT molecular complexity index is 464. The summed E-state index contributed by atoms with van der Waals surface area (Å²) in [5, 5.41) is 12.6. The molecule has 2 N–H and O–H groups in total. The van der Waals surface area contributed by atoms with Crippen molar-refractivity contribution in [3.8, 4) is 0 Å². The van der Waals surface area contributed by atoms with E-state index < -0.39 is 6.09 Å². The van der Waals surface area contributed by atoms with Gasteiger partial charge in [-0.05, 0) is 12.0 Å². The quantitative estimate of drug-likeness (QED) is 0.788. The monoisotopic (exact) mass is 290 g/mol. The average Bonchev–Trinajstić information content (AvgIpc) is 2.52. The van der Waals surface area contributed by atoms with Gasteiger partial charge in [0.15, 0.2) is 0 Å². The predicted octanol–water partition coefficient (Wildman–Crippen LogP) is 2.10. The topological polar surface area (TPSA) is 61.8 Å².